The Hall–Kier alpha value is -2.10. The molecular formula is C16H16N2O2. The maximum absolute atomic E-state index is 12.5. The topological polar surface area (TPSA) is 55.0 Å². The van der Waals surface area contributed by atoms with Crippen molar-refractivity contribution in [2.24, 2.45) is 5.92 Å². The van der Waals surface area contributed by atoms with Crippen LogP contribution in [0.25, 0.3) is 11.0 Å². The molecular weight excluding hydrogens is 252 g/mol. The number of aromatic amines is 1. The number of carbonyl (C=O) groups excluding carboxylic acids is 1. The second-order valence-corrected chi connectivity index (χ2v) is 5.76. The molecule has 2 aliphatic rings. The summed E-state index contributed by atoms with van der Waals surface area (Å²) in [5.74, 6) is 0.476. The molecule has 4 nitrogen and oxygen atoms in total. The molecule has 0 fully saturated rings. The lowest BCUT2D eigenvalue weighted by Crippen LogP contribution is -2.29. The second kappa shape index (κ2) is 4.20. The standard InChI is InChI=1S/C16H16N2O2/c1-9-5-11-15-12(18-16(11)17-8-9)6-10(7-13(15)19)14-3-2-4-20-14/h2,4-5,8,10,14H,3,6-7H2,1H3,(H,17,18). The predicted octanol–water partition coefficient (Wildman–Crippen LogP) is 2.92. The molecule has 20 heavy (non-hydrogen) atoms. The van der Waals surface area contributed by atoms with Crippen LogP contribution < -0.4 is 0 Å². The average Bonchev–Trinajstić information content (AvgIpc) is 3.04. The van der Waals surface area contributed by atoms with Gasteiger partial charge in [0.05, 0.1) is 6.26 Å². The minimum atomic E-state index is 0.146. The van der Waals surface area contributed by atoms with E-state index in [1.807, 2.05) is 25.3 Å². The fraction of sp³-hybridized carbons (Fsp3) is 0.375. The highest BCUT2D eigenvalue weighted by molar-refractivity contribution is 6.09. The average molecular weight is 268 g/mol. The van der Waals surface area contributed by atoms with Gasteiger partial charge in [-0.25, -0.2) is 4.98 Å². The van der Waals surface area contributed by atoms with Crippen LogP contribution in [0.15, 0.2) is 24.6 Å². The zero-order valence-electron chi connectivity index (χ0n) is 11.3. The maximum Gasteiger partial charge on any atom is 0.165 e. The smallest absolute Gasteiger partial charge is 0.165 e. The molecule has 0 saturated heterocycles. The van der Waals surface area contributed by atoms with Gasteiger partial charge in [0.1, 0.15) is 11.8 Å². The number of hydrogen-bond donors (Lipinski definition) is 1. The number of nitrogens with zero attached hydrogens (tertiary/aromatic N) is 1. The van der Waals surface area contributed by atoms with Gasteiger partial charge < -0.3 is 9.72 Å². The Morgan fingerprint density at radius 3 is 3.10 bits per heavy atom. The molecule has 2 atom stereocenters. The Morgan fingerprint density at radius 2 is 2.30 bits per heavy atom. The summed E-state index contributed by atoms with van der Waals surface area (Å²) >= 11 is 0. The van der Waals surface area contributed by atoms with E-state index in [4.69, 9.17) is 4.74 Å². The number of ketones is 1. The quantitative estimate of drug-likeness (QED) is 0.865. The molecule has 0 bridgehead atoms. The molecule has 0 spiro atoms. The van der Waals surface area contributed by atoms with Crippen molar-refractivity contribution in [2.75, 3.05) is 0 Å². The van der Waals surface area contributed by atoms with Gasteiger partial charge >= 0.3 is 0 Å². The van der Waals surface area contributed by atoms with E-state index in [1.54, 1.807) is 6.26 Å². The van der Waals surface area contributed by atoms with Gasteiger partial charge in [0.25, 0.3) is 0 Å². The van der Waals surface area contributed by atoms with Crippen molar-refractivity contribution in [2.45, 2.75) is 32.3 Å². The number of nitrogens with one attached hydrogen (secondary N) is 1. The predicted molar refractivity (Wildman–Crippen MR) is 75.6 cm³/mol. The van der Waals surface area contributed by atoms with Crippen molar-refractivity contribution in [1.82, 2.24) is 9.97 Å². The first-order chi connectivity index (χ1) is 9.72. The molecule has 1 N–H and O–H groups in total. The SMILES string of the molecule is Cc1cnc2[nH]c3c(c2c1)C(=O)CC(C1CC=CO1)C3. The minimum Gasteiger partial charge on any atom is -0.498 e. The summed E-state index contributed by atoms with van der Waals surface area (Å²) in [7, 11) is 0. The highest BCUT2D eigenvalue weighted by Crippen LogP contribution is 2.35. The molecule has 102 valence electrons. The van der Waals surface area contributed by atoms with Crippen LogP contribution in [0.5, 0.6) is 0 Å². The Bertz CT molecular complexity index is 721. The molecule has 1 aliphatic heterocycles. The molecule has 2 aromatic heterocycles. The Labute approximate surface area is 116 Å². The lowest BCUT2D eigenvalue weighted by Gasteiger charge is -2.26. The number of ether oxygens (including phenoxy) is 1. The zero-order chi connectivity index (χ0) is 13.7. The van der Waals surface area contributed by atoms with E-state index in [-0.39, 0.29) is 17.8 Å². The summed E-state index contributed by atoms with van der Waals surface area (Å²) in [4.78, 5) is 20.2. The fourth-order valence-corrected chi connectivity index (χ4v) is 3.34. The highest BCUT2D eigenvalue weighted by atomic mass is 16.5. The second-order valence-electron chi connectivity index (χ2n) is 5.76. The Morgan fingerprint density at radius 1 is 1.40 bits per heavy atom. The van der Waals surface area contributed by atoms with E-state index in [9.17, 15) is 4.79 Å². The summed E-state index contributed by atoms with van der Waals surface area (Å²) in [6.45, 7) is 2.00. The molecule has 0 saturated carbocycles. The van der Waals surface area contributed by atoms with Gasteiger partial charge in [-0.3, -0.25) is 4.79 Å². The number of rotatable bonds is 1. The molecule has 3 heterocycles. The van der Waals surface area contributed by atoms with Gasteiger partial charge in [0.15, 0.2) is 5.78 Å². The molecule has 2 aromatic rings. The van der Waals surface area contributed by atoms with Crippen LogP contribution >= 0.6 is 0 Å². The van der Waals surface area contributed by atoms with Crippen molar-refractivity contribution in [3.05, 3.63) is 41.4 Å². The molecule has 4 heteroatoms. The van der Waals surface area contributed by atoms with Gasteiger partial charge in [-0.05, 0) is 31.1 Å². The van der Waals surface area contributed by atoms with Crippen molar-refractivity contribution in [3.8, 4) is 0 Å². The van der Waals surface area contributed by atoms with E-state index < -0.39 is 0 Å². The number of fused-ring (bicyclic) bond motifs is 3. The summed E-state index contributed by atoms with van der Waals surface area (Å²) in [5.41, 5.74) is 3.77. The number of aryl methyl sites for hydroxylation is 1. The van der Waals surface area contributed by atoms with Gasteiger partial charge in [-0.1, -0.05) is 0 Å². The lowest BCUT2D eigenvalue weighted by atomic mass is 9.82. The first kappa shape index (κ1) is 11.7. The maximum atomic E-state index is 12.5. The van der Waals surface area contributed by atoms with Crippen LogP contribution in [0.1, 0.15) is 34.5 Å². The third-order valence-electron chi connectivity index (χ3n) is 4.30. The number of hydrogen-bond acceptors (Lipinski definition) is 3. The summed E-state index contributed by atoms with van der Waals surface area (Å²) in [6.07, 6.45) is 8.10. The first-order valence-corrected chi connectivity index (χ1v) is 7.03. The normalized spacial score (nSPS) is 24.9. The molecule has 0 amide bonds. The van der Waals surface area contributed by atoms with Crippen molar-refractivity contribution < 1.29 is 9.53 Å². The lowest BCUT2D eigenvalue weighted by molar-refractivity contribution is 0.0766. The van der Waals surface area contributed by atoms with Crippen molar-refractivity contribution in [3.63, 3.8) is 0 Å². The van der Waals surface area contributed by atoms with Crippen molar-refractivity contribution >= 4 is 16.8 Å². The van der Waals surface area contributed by atoms with Crippen LogP contribution in [0.4, 0.5) is 0 Å². The van der Waals surface area contributed by atoms with Crippen molar-refractivity contribution in [1.29, 1.82) is 0 Å². The molecule has 1 aliphatic carbocycles. The van der Waals surface area contributed by atoms with Crippen LogP contribution in [-0.2, 0) is 11.2 Å². The van der Waals surface area contributed by atoms with E-state index in [1.165, 1.54) is 0 Å². The largest absolute Gasteiger partial charge is 0.498 e. The van der Waals surface area contributed by atoms with Gasteiger partial charge in [0, 0.05) is 41.6 Å². The Balaban J connectivity index is 1.77. The van der Waals surface area contributed by atoms with E-state index >= 15 is 0 Å². The Kier molecular flexibility index (Phi) is 2.46. The molecule has 0 aromatic carbocycles. The third-order valence-corrected chi connectivity index (χ3v) is 4.30. The number of carbonyl (C=O) groups is 1. The monoisotopic (exact) mass is 268 g/mol. The fourth-order valence-electron chi connectivity index (χ4n) is 3.34. The number of H-pyrrole nitrogens is 1. The molecule has 0 radical (unpaired) electrons. The third kappa shape index (κ3) is 1.68. The van der Waals surface area contributed by atoms with Gasteiger partial charge in [-0.15, -0.1) is 0 Å². The number of Topliss-reactive ketones (excluding diaryl/α,β-unsaturated/α-hetero) is 1. The van der Waals surface area contributed by atoms with Gasteiger partial charge in [-0.2, -0.15) is 0 Å². The number of pyridine rings is 1. The zero-order valence-corrected chi connectivity index (χ0v) is 11.3. The number of aromatic nitrogens is 2. The summed E-state index contributed by atoms with van der Waals surface area (Å²) in [5, 5.41) is 0.967. The van der Waals surface area contributed by atoms with Gasteiger partial charge in [0.2, 0.25) is 0 Å². The van der Waals surface area contributed by atoms with E-state index in [0.29, 0.717) is 6.42 Å². The van der Waals surface area contributed by atoms with Crippen LogP contribution in [0, 0.1) is 12.8 Å². The van der Waals surface area contributed by atoms with Crippen LogP contribution in [-0.4, -0.2) is 21.9 Å². The van der Waals surface area contributed by atoms with E-state index in [0.717, 1.165) is 40.7 Å². The molecule has 4 rings (SSSR count). The summed E-state index contributed by atoms with van der Waals surface area (Å²) < 4.78 is 5.59. The van der Waals surface area contributed by atoms with E-state index in [2.05, 4.69) is 9.97 Å². The van der Waals surface area contributed by atoms with Crippen LogP contribution in [0.3, 0.4) is 0 Å². The van der Waals surface area contributed by atoms with Crippen LogP contribution in [0.2, 0.25) is 0 Å². The summed E-state index contributed by atoms with van der Waals surface area (Å²) in [6, 6.07) is 2.05. The highest BCUT2D eigenvalue weighted by Gasteiger charge is 2.34. The first-order valence-electron chi connectivity index (χ1n) is 7.03. The molecule has 2 unspecified atom stereocenters. The minimum absolute atomic E-state index is 0.146.